The Morgan fingerprint density at radius 3 is 2.48 bits per heavy atom. The maximum absolute atomic E-state index is 12.1. The Hall–Kier alpha value is -1.81. The van der Waals surface area contributed by atoms with Crippen LogP contribution in [0.5, 0.6) is 5.75 Å². The summed E-state index contributed by atoms with van der Waals surface area (Å²) in [4.78, 5) is 12.1. The van der Waals surface area contributed by atoms with Gasteiger partial charge in [-0.15, -0.1) is 0 Å². The predicted octanol–water partition coefficient (Wildman–Crippen LogP) is 3.88. The molecule has 0 spiro atoms. The average molecular weight is 348 g/mol. The quantitative estimate of drug-likeness (QED) is 0.891. The first-order valence-electron chi connectivity index (χ1n) is 6.77. The molecular weight excluding hydrogens is 330 g/mol. The van der Waals surface area contributed by atoms with E-state index >= 15 is 0 Å². The summed E-state index contributed by atoms with van der Waals surface area (Å²) in [5.74, 6) is 0.796. The van der Waals surface area contributed by atoms with E-state index in [1.165, 1.54) is 0 Å². The van der Waals surface area contributed by atoms with E-state index in [2.05, 4.69) is 21.2 Å². The summed E-state index contributed by atoms with van der Waals surface area (Å²) in [5.41, 5.74) is 2.04. The Labute approximate surface area is 133 Å². The van der Waals surface area contributed by atoms with Crippen LogP contribution in [0.4, 0.5) is 0 Å². The number of nitrogens with one attached hydrogen (secondary N) is 1. The van der Waals surface area contributed by atoms with Crippen molar-refractivity contribution in [2.45, 2.75) is 19.4 Å². The van der Waals surface area contributed by atoms with Crippen LogP contribution in [0, 0.1) is 0 Å². The molecule has 3 nitrogen and oxygen atoms in total. The SMILES string of the molecule is COc1ccc(CC(=O)N[C@@H](C)c2ccccc2Br)cc1. The van der Waals surface area contributed by atoms with Crippen LogP contribution in [-0.4, -0.2) is 13.0 Å². The molecule has 1 atom stereocenters. The summed E-state index contributed by atoms with van der Waals surface area (Å²) >= 11 is 3.50. The molecule has 0 aliphatic rings. The molecule has 0 aromatic heterocycles. The molecule has 0 saturated heterocycles. The molecule has 1 amide bonds. The van der Waals surface area contributed by atoms with Crippen LogP contribution in [0.2, 0.25) is 0 Å². The number of carbonyl (C=O) groups excluding carboxylic acids is 1. The number of benzene rings is 2. The van der Waals surface area contributed by atoms with E-state index in [1.807, 2.05) is 55.5 Å². The van der Waals surface area contributed by atoms with Gasteiger partial charge in [-0.2, -0.15) is 0 Å². The Bertz CT molecular complexity index is 610. The predicted molar refractivity (Wildman–Crippen MR) is 87.4 cm³/mol. The molecule has 0 aliphatic carbocycles. The van der Waals surface area contributed by atoms with Gasteiger partial charge in [0.15, 0.2) is 0 Å². The van der Waals surface area contributed by atoms with Gasteiger partial charge >= 0.3 is 0 Å². The Balaban J connectivity index is 1.96. The van der Waals surface area contributed by atoms with Crippen LogP contribution < -0.4 is 10.1 Å². The zero-order valence-corrected chi connectivity index (χ0v) is 13.7. The van der Waals surface area contributed by atoms with E-state index < -0.39 is 0 Å². The van der Waals surface area contributed by atoms with Gasteiger partial charge in [0.1, 0.15) is 5.75 Å². The van der Waals surface area contributed by atoms with Crippen LogP contribution in [-0.2, 0) is 11.2 Å². The molecule has 0 radical (unpaired) electrons. The average Bonchev–Trinajstić information content (AvgIpc) is 2.48. The van der Waals surface area contributed by atoms with Crippen LogP contribution in [0.3, 0.4) is 0 Å². The molecule has 4 heteroatoms. The topological polar surface area (TPSA) is 38.3 Å². The summed E-state index contributed by atoms with van der Waals surface area (Å²) in [7, 11) is 1.63. The van der Waals surface area contributed by atoms with Crippen molar-refractivity contribution < 1.29 is 9.53 Å². The highest BCUT2D eigenvalue weighted by Crippen LogP contribution is 2.22. The van der Waals surface area contributed by atoms with Gasteiger partial charge in [-0.1, -0.05) is 46.3 Å². The third-order valence-corrected chi connectivity index (χ3v) is 4.00. The lowest BCUT2D eigenvalue weighted by Gasteiger charge is -2.16. The van der Waals surface area contributed by atoms with E-state index in [9.17, 15) is 4.79 Å². The lowest BCUT2D eigenvalue weighted by Crippen LogP contribution is -2.28. The number of amides is 1. The molecule has 0 unspecified atom stereocenters. The van der Waals surface area contributed by atoms with Gasteiger partial charge in [0.25, 0.3) is 0 Å². The molecule has 0 aliphatic heterocycles. The normalized spacial score (nSPS) is 11.8. The second kappa shape index (κ2) is 7.27. The number of rotatable bonds is 5. The van der Waals surface area contributed by atoms with Crippen LogP contribution in [0.1, 0.15) is 24.1 Å². The van der Waals surface area contributed by atoms with E-state index in [0.29, 0.717) is 6.42 Å². The van der Waals surface area contributed by atoms with E-state index in [-0.39, 0.29) is 11.9 Å². The Kier molecular flexibility index (Phi) is 5.39. The number of ether oxygens (including phenoxy) is 1. The van der Waals surface area contributed by atoms with Crippen molar-refractivity contribution in [2.75, 3.05) is 7.11 Å². The molecule has 2 rings (SSSR count). The van der Waals surface area contributed by atoms with E-state index in [0.717, 1.165) is 21.3 Å². The highest BCUT2D eigenvalue weighted by Gasteiger charge is 2.12. The van der Waals surface area contributed by atoms with Gasteiger partial charge in [-0.3, -0.25) is 4.79 Å². The van der Waals surface area contributed by atoms with E-state index in [1.54, 1.807) is 7.11 Å². The number of hydrogen-bond acceptors (Lipinski definition) is 2. The minimum atomic E-state index is -0.0358. The first kappa shape index (κ1) is 15.6. The second-order valence-electron chi connectivity index (χ2n) is 4.84. The van der Waals surface area contributed by atoms with Crippen LogP contribution in [0.15, 0.2) is 53.0 Å². The number of halogens is 1. The van der Waals surface area contributed by atoms with Gasteiger partial charge in [0.05, 0.1) is 19.6 Å². The molecule has 0 fully saturated rings. The number of carbonyl (C=O) groups is 1. The van der Waals surface area contributed by atoms with Crippen molar-refractivity contribution in [2.24, 2.45) is 0 Å². The highest BCUT2D eigenvalue weighted by atomic mass is 79.9. The lowest BCUT2D eigenvalue weighted by molar-refractivity contribution is -0.121. The smallest absolute Gasteiger partial charge is 0.224 e. The number of methoxy groups -OCH3 is 1. The summed E-state index contributed by atoms with van der Waals surface area (Å²) in [6, 6.07) is 15.4. The Morgan fingerprint density at radius 1 is 1.19 bits per heavy atom. The van der Waals surface area contributed by atoms with Crippen molar-refractivity contribution in [1.82, 2.24) is 5.32 Å². The van der Waals surface area contributed by atoms with Crippen molar-refractivity contribution in [3.63, 3.8) is 0 Å². The van der Waals surface area contributed by atoms with Crippen LogP contribution in [0.25, 0.3) is 0 Å². The van der Waals surface area contributed by atoms with E-state index in [4.69, 9.17) is 4.74 Å². The highest BCUT2D eigenvalue weighted by molar-refractivity contribution is 9.10. The molecule has 21 heavy (non-hydrogen) atoms. The first-order valence-corrected chi connectivity index (χ1v) is 7.56. The van der Waals surface area contributed by atoms with Crippen molar-refractivity contribution >= 4 is 21.8 Å². The largest absolute Gasteiger partial charge is 0.497 e. The van der Waals surface area contributed by atoms with Gasteiger partial charge < -0.3 is 10.1 Å². The first-order chi connectivity index (χ1) is 10.1. The van der Waals surface area contributed by atoms with Crippen molar-refractivity contribution in [3.8, 4) is 5.75 Å². The van der Waals surface area contributed by atoms with Crippen molar-refractivity contribution in [1.29, 1.82) is 0 Å². The zero-order valence-electron chi connectivity index (χ0n) is 12.1. The molecule has 2 aromatic rings. The molecule has 1 N–H and O–H groups in total. The van der Waals surface area contributed by atoms with Crippen LogP contribution >= 0.6 is 15.9 Å². The lowest BCUT2D eigenvalue weighted by atomic mass is 10.1. The fourth-order valence-electron chi connectivity index (χ4n) is 2.13. The molecular formula is C17H18BrNO2. The minimum absolute atomic E-state index is 0.00317. The maximum Gasteiger partial charge on any atom is 0.224 e. The van der Waals surface area contributed by atoms with Gasteiger partial charge in [-0.05, 0) is 36.2 Å². The summed E-state index contributed by atoms with van der Waals surface area (Å²) in [5, 5.41) is 3.01. The summed E-state index contributed by atoms with van der Waals surface area (Å²) in [6.07, 6.45) is 0.360. The summed E-state index contributed by atoms with van der Waals surface area (Å²) < 4.78 is 6.11. The van der Waals surface area contributed by atoms with Gasteiger partial charge in [-0.25, -0.2) is 0 Å². The Morgan fingerprint density at radius 2 is 1.86 bits per heavy atom. The maximum atomic E-state index is 12.1. The van der Waals surface area contributed by atoms with Crippen molar-refractivity contribution in [3.05, 3.63) is 64.1 Å². The second-order valence-corrected chi connectivity index (χ2v) is 5.69. The fourth-order valence-corrected chi connectivity index (χ4v) is 2.75. The monoisotopic (exact) mass is 347 g/mol. The minimum Gasteiger partial charge on any atom is -0.497 e. The molecule has 0 heterocycles. The molecule has 110 valence electrons. The third-order valence-electron chi connectivity index (χ3n) is 3.27. The van der Waals surface area contributed by atoms with Gasteiger partial charge in [0.2, 0.25) is 5.91 Å². The fraction of sp³-hybridized carbons (Fsp3) is 0.235. The van der Waals surface area contributed by atoms with Gasteiger partial charge in [0, 0.05) is 4.47 Å². The summed E-state index contributed by atoms with van der Waals surface area (Å²) in [6.45, 7) is 1.98. The standard InChI is InChI=1S/C17H18BrNO2/c1-12(15-5-3-4-6-16(15)18)19-17(20)11-13-7-9-14(21-2)10-8-13/h3-10,12H,11H2,1-2H3,(H,19,20)/t12-/m0/s1. The molecule has 0 saturated carbocycles. The number of hydrogen-bond donors (Lipinski definition) is 1. The molecule has 0 bridgehead atoms. The zero-order chi connectivity index (χ0) is 15.2. The molecule has 2 aromatic carbocycles. The third kappa shape index (κ3) is 4.33.